The number of rotatable bonds is 7. The number of benzene rings is 1. The number of fused-ring (bicyclic) bond motifs is 1. The van der Waals surface area contributed by atoms with Crippen molar-refractivity contribution in [3.05, 3.63) is 72.1 Å². The van der Waals surface area contributed by atoms with E-state index in [4.69, 9.17) is 4.98 Å². The van der Waals surface area contributed by atoms with Gasteiger partial charge in [0.15, 0.2) is 0 Å². The Hall–Kier alpha value is -2.35. The Kier molecular flexibility index (Phi) is 6.16. The Bertz CT molecular complexity index is 739. The summed E-state index contributed by atoms with van der Waals surface area (Å²) in [5, 5.41) is 4.78. The molecule has 0 amide bonds. The molecule has 1 aromatic carbocycles. The largest absolute Gasteiger partial charge is 0.355 e. The third-order valence-electron chi connectivity index (χ3n) is 3.83. The normalized spacial score (nSPS) is 12.0. The van der Waals surface area contributed by atoms with Crippen LogP contribution in [-0.4, -0.2) is 4.98 Å². The Labute approximate surface area is 139 Å². The van der Waals surface area contributed by atoms with Crippen molar-refractivity contribution in [1.82, 2.24) is 4.98 Å². The number of para-hydroxylation sites is 1. The van der Waals surface area contributed by atoms with Crippen molar-refractivity contribution in [2.75, 3.05) is 5.32 Å². The third kappa shape index (κ3) is 3.89. The zero-order chi connectivity index (χ0) is 16.7. The summed E-state index contributed by atoms with van der Waals surface area (Å²) in [6.07, 6.45) is 11.0. The van der Waals surface area contributed by atoms with Crippen LogP contribution in [0.4, 0.5) is 5.69 Å². The Morgan fingerprint density at radius 3 is 2.70 bits per heavy atom. The van der Waals surface area contributed by atoms with E-state index in [0.29, 0.717) is 0 Å². The molecule has 0 atom stereocenters. The van der Waals surface area contributed by atoms with Crippen molar-refractivity contribution in [2.24, 2.45) is 0 Å². The van der Waals surface area contributed by atoms with E-state index in [9.17, 15) is 0 Å². The number of allylic oxidation sites excluding steroid dienone is 4. The van der Waals surface area contributed by atoms with Crippen LogP contribution in [0, 0.1) is 0 Å². The van der Waals surface area contributed by atoms with Gasteiger partial charge in [-0.3, -0.25) is 4.98 Å². The van der Waals surface area contributed by atoms with Crippen molar-refractivity contribution in [3.8, 4) is 0 Å². The average molecular weight is 306 g/mol. The maximum atomic E-state index is 4.90. The van der Waals surface area contributed by atoms with Gasteiger partial charge in [-0.2, -0.15) is 0 Å². The first-order chi connectivity index (χ1) is 11.2. The molecule has 0 radical (unpaired) electrons. The van der Waals surface area contributed by atoms with Gasteiger partial charge in [0, 0.05) is 16.8 Å². The predicted octanol–water partition coefficient (Wildman–Crippen LogP) is 5.81. The highest BCUT2D eigenvalue weighted by atomic mass is 14.9. The van der Waals surface area contributed by atoms with Gasteiger partial charge in [0.25, 0.3) is 0 Å². The summed E-state index contributed by atoms with van der Waals surface area (Å²) < 4.78 is 0. The Balaban J connectivity index is 2.67. The second kappa shape index (κ2) is 8.33. The molecule has 1 aromatic heterocycles. The molecule has 1 heterocycles. The topological polar surface area (TPSA) is 24.9 Å². The van der Waals surface area contributed by atoms with Crippen LogP contribution in [0.15, 0.2) is 60.8 Å². The van der Waals surface area contributed by atoms with Gasteiger partial charge in [-0.25, -0.2) is 0 Å². The molecule has 0 aliphatic heterocycles. The fourth-order valence-electron chi connectivity index (χ4n) is 2.86. The minimum atomic E-state index is 0.965. The third-order valence-corrected chi connectivity index (χ3v) is 3.83. The summed E-state index contributed by atoms with van der Waals surface area (Å²) in [5.41, 5.74) is 5.78. The van der Waals surface area contributed by atoms with Crippen molar-refractivity contribution >= 4 is 16.6 Å². The van der Waals surface area contributed by atoms with Crippen molar-refractivity contribution in [1.29, 1.82) is 0 Å². The van der Waals surface area contributed by atoms with E-state index >= 15 is 0 Å². The highest BCUT2D eigenvalue weighted by Crippen LogP contribution is 2.31. The standard InChI is InChI=1S/C21H26N2/c1-5-11-16(12-6-2)22-21-17(8-4)19(13-7-3)23-20-15-10-9-14-18(20)21/h5-6,9-12,14-15H,1,7-8,13H2,2-4H3,(H,22,23)/b12-6-,16-11+. The van der Waals surface area contributed by atoms with Gasteiger partial charge in [0.2, 0.25) is 0 Å². The van der Waals surface area contributed by atoms with Crippen LogP contribution >= 0.6 is 0 Å². The van der Waals surface area contributed by atoms with Crippen LogP contribution in [-0.2, 0) is 12.8 Å². The summed E-state index contributed by atoms with van der Waals surface area (Å²) in [6.45, 7) is 10.2. The van der Waals surface area contributed by atoms with Gasteiger partial charge in [0.05, 0.1) is 11.2 Å². The molecule has 23 heavy (non-hydrogen) atoms. The lowest BCUT2D eigenvalue weighted by Crippen LogP contribution is -2.06. The number of nitrogens with zero attached hydrogens (tertiary/aromatic N) is 1. The van der Waals surface area contributed by atoms with E-state index < -0.39 is 0 Å². The number of aromatic nitrogens is 1. The minimum Gasteiger partial charge on any atom is -0.355 e. The van der Waals surface area contributed by atoms with Gasteiger partial charge >= 0.3 is 0 Å². The van der Waals surface area contributed by atoms with Crippen LogP contribution in [0.25, 0.3) is 10.9 Å². The highest BCUT2D eigenvalue weighted by molar-refractivity contribution is 5.94. The molecule has 0 bridgehead atoms. The van der Waals surface area contributed by atoms with Crippen LogP contribution in [0.1, 0.15) is 38.4 Å². The number of hydrogen-bond acceptors (Lipinski definition) is 2. The molecular formula is C21H26N2. The minimum absolute atomic E-state index is 0.965. The molecule has 2 rings (SSSR count). The lowest BCUT2D eigenvalue weighted by Gasteiger charge is -2.18. The van der Waals surface area contributed by atoms with Crippen LogP contribution in [0.5, 0.6) is 0 Å². The second-order valence-electron chi connectivity index (χ2n) is 5.52. The van der Waals surface area contributed by atoms with Crippen molar-refractivity contribution in [3.63, 3.8) is 0 Å². The van der Waals surface area contributed by atoms with Crippen LogP contribution in [0.2, 0.25) is 0 Å². The van der Waals surface area contributed by atoms with E-state index in [-0.39, 0.29) is 0 Å². The maximum Gasteiger partial charge on any atom is 0.0726 e. The number of anilines is 1. The SMILES string of the molecule is C=C/C=C(\C=C/C)Nc1c(CC)c(CCC)nc2ccccc12. The molecule has 0 aliphatic carbocycles. The number of nitrogens with one attached hydrogen (secondary N) is 1. The molecule has 0 unspecified atom stereocenters. The van der Waals surface area contributed by atoms with Gasteiger partial charge in [0.1, 0.15) is 0 Å². The Morgan fingerprint density at radius 1 is 1.26 bits per heavy atom. The first-order valence-electron chi connectivity index (χ1n) is 8.38. The van der Waals surface area contributed by atoms with Gasteiger partial charge in [-0.15, -0.1) is 0 Å². The maximum absolute atomic E-state index is 4.90. The average Bonchev–Trinajstić information content (AvgIpc) is 2.56. The first-order valence-corrected chi connectivity index (χ1v) is 8.38. The molecule has 2 heteroatoms. The quantitative estimate of drug-likeness (QED) is 0.653. The van der Waals surface area contributed by atoms with E-state index in [1.165, 1.54) is 22.3 Å². The van der Waals surface area contributed by atoms with Gasteiger partial charge in [-0.05, 0) is 43.5 Å². The van der Waals surface area contributed by atoms with Crippen molar-refractivity contribution < 1.29 is 0 Å². The van der Waals surface area contributed by atoms with E-state index in [2.05, 4.69) is 50.0 Å². The molecule has 2 aromatic rings. The van der Waals surface area contributed by atoms with E-state index in [0.717, 1.165) is 30.5 Å². The molecule has 120 valence electrons. The van der Waals surface area contributed by atoms with E-state index in [1.807, 2.05) is 31.2 Å². The molecule has 0 fully saturated rings. The lowest BCUT2D eigenvalue weighted by atomic mass is 10.0. The monoisotopic (exact) mass is 306 g/mol. The molecule has 0 saturated heterocycles. The van der Waals surface area contributed by atoms with Gasteiger partial charge in [-0.1, -0.05) is 57.2 Å². The van der Waals surface area contributed by atoms with Gasteiger partial charge < -0.3 is 5.32 Å². The fourth-order valence-corrected chi connectivity index (χ4v) is 2.86. The van der Waals surface area contributed by atoms with Crippen molar-refractivity contribution in [2.45, 2.75) is 40.0 Å². The number of aryl methyl sites for hydroxylation is 1. The molecular weight excluding hydrogens is 280 g/mol. The second-order valence-corrected chi connectivity index (χ2v) is 5.52. The summed E-state index contributed by atoms with van der Waals surface area (Å²) >= 11 is 0. The predicted molar refractivity (Wildman–Crippen MR) is 102 cm³/mol. The molecule has 0 spiro atoms. The summed E-state index contributed by atoms with van der Waals surface area (Å²) in [7, 11) is 0. The lowest BCUT2D eigenvalue weighted by molar-refractivity contribution is 0.866. The number of hydrogen-bond donors (Lipinski definition) is 1. The van der Waals surface area contributed by atoms with Crippen LogP contribution in [0.3, 0.4) is 0 Å². The zero-order valence-electron chi connectivity index (χ0n) is 14.4. The summed E-state index contributed by atoms with van der Waals surface area (Å²) in [6, 6.07) is 8.35. The summed E-state index contributed by atoms with van der Waals surface area (Å²) in [5.74, 6) is 0. The van der Waals surface area contributed by atoms with Crippen LogP contribution < -0.4 is 5.32 Å². The molecule has 2 nitrogen and oxygen atoms in total. The van der Waals surface area contributed by atoms with E-state index in [1.54, 1.807) is 0 Å². The highest BCUT2D eigenvalue weighted by Gasteiger charge is 2.13. The molecule has 0 saturated carbocycles. The summed E-state index contributed by atoms with van der Waals surface area (Å²) in [4.78, 5) is 4.90. The molecule has 0 aliphatic rings. The Morgan fingerprint density at radius 2 is 2.04 bits per heavy atom. The number of pyridine rings is 1. The smallest absolute Gasteiger partial charge is 0.0726 e. The fraction of sp³-hybridized carbons (Fsp3) is 0.286. The zero-order valence-corrected chi connectivity index (χ0v) is 14.4. The molecule has 1 N–H and O–H groups in total. The first kappa shape index (κ1) is 17.0.